The van der Waals surface area contributed by atoms with Crippen LogP contribution in [-0.4, -0.2) is 0 Å². The van der Waals surface area contributed by atoms with E-state index in [-0.39, 0.29) is 11.5 Å². The maximum atomic E-state index is 13.4. The van der Waals surface area contributed by atoms with Crippen LogP contribution in [0.1, 0.15) is 38.3 Å². The summed E-state index contributed by atoms with van der Waals surface area (Å²) in [6, 6.07) is -0.213. The molecule has 0 aromatic heterocycles. The Kier molecular flexibility index (Phi) is 4.51. The van der Waals surface area contributed by atoms with Gasteiger partial charge < -0.3 is 5.73 Å². The van der Waals surface area contributed by atoms with Crippen LogP contribution >= 0.6 is 0 Å². The molecular weight excluding hydrogens is 234 g/mol. The van der Waals surface area contributed by atoms with Gasteiger partial charge in [-0.05, 0) is 18.4 Å². The van der Waals surface area contributed by atoms with Crippen LogP contribution in [0.2, 0.25) is 0 Å². The normalized spacial score (nSPS) is 14.8. The Bertz CT molecular complexity index is 406. The minimum Gasteiger partial charge on any atom is -0.324 e. The fourth-order valence-corrected chi connectivity index (χ4v) is 1.59. The predicted molar refractivity (Wildman–Crippen MR) is 57.3 cm³/mol. The van der Waals surface area contributed by atoms with Gasteiger partial charge in [-0.2, -0.15) is 0 Å². The Balaban J connectivity index is 3.06. The second-order valence-corrected chi connectivity index (χ2v) is 4.25. The maximum Gasteiger partial charge on any atom is 0.197 e. The van der Waals surface area contributed by atoms with Gasteiger partial charge in [0.15, 0.2) is 23.3 Å². The van der Waals surface area contributed by atoms with Gasteiger partial charge in [0.2, 0.25) is 0 Å². The van der Waals surface area contributed by atoms with Crippen LogP contribution in [0, 0.1) is 29.2 Å². The van der Waals surface area contributed by atoms with Crippen molar-refractivity contribution in [2.75, 3.05) is 0 Å². The third kappa shape index (κ3) is 2.97. The fourth-order valence-electron chi connectivity index (χ4n) is 1.59. The molecule has 1 aromatic carbocycles. The molecule has 1 nitrogen and oxygen atoms in total. The molecule has 0 aliphatic rings. The first-order valence-corrected chi connectivity index (χ1v) is 5.46. The van der Waals surface area contributed by atoms with Crippen LogP contribution in [-0.2, 0) is 0 Å². The molecule has 2 atom stereocenters. The predicted octanol–water partition coefficient (Wildman–Crippen LogP) is 3.68. The van der Waals surface area contributed by atoms with E-state index in [1.807, 2.05) is 13.8 Å². The van der Waals surface area contributed by atoms with Crippen molar-refractivity contribution in [3.63, 3.8) is 0 Å². The second kappa shape index (κ2) is 5.49. The molecule has 0 saturated heterocycles. The Morgan fingerprint density at radius 1 is 1.12 bits per heavy atom. The van der Waals surface area contributed by atoms with Crippen LogP contribution in [0.25, 0.3) is 0 Å². The Morgan fingerprint density at radius 3 is 2.24 bits per heavy atom. The van der Waals surface area contributed by atoms with E-state index in [0.717, 1.165) is 6.42 Å². The monoisotopic (exact) mass is 249 g/mol. The number of hydrogen-bond donors (Lipinski definition) is 1. The van der Waals surface area contributed by atoms with Crippen LogP contribution in [0.4, 0.5) is 17.6 Å². The molecule has 0 saturated carbocycles. The van der Waals surface area contributed by atoms with Crippen molar-refractivity contribution in [3.05, 3.63) is 34.9 Å². The summed E-state index contributed by atoms with van der Waals surface area (Å²) in [6.45, 7) is 3.83. The quantitative estimate of drug-likeness (QED) is 0.491. The van der Waals surface area contributed by atoms with Crippen molar-refractivity contribution in [3.8, 4) is 0 Å². The van der Waals surface area contributed by atoms with E-state index in [0.29, 0.717) is 12.5 Å². The van der Waals surface area contributed by atoms with Gasteiger partial charge in [-0.25, -0.2) is 17.6 Å². The van der Waals surface area contributed by atoms with E-state index >= 15 is 0 Å². The molecule has 96 valence electrons. The molecule has 2 unspecified atom stereocenters. The molecule has 0 amide bonds. The van der Waals surface area contributed by atoms with Crippen molar-refractivity contribution < 1.29 is 17.6 Å². The van der Waals surface area contributed by atoms with Crippen molar-refractivity contribution in [1.29, 1.82) is 0 Å². The minimum atomic E-state index is -1.81. The minimum absolute atomic E-state index is 0.195. The first kappa shape index (κ1) is 14.0. The molecule has 1 aromatic rings. The zero-order valence-corrected chi connectivity index (χ0v) is 9.74. The summed E-state index contributed by atoms with van der Waals surface area (Å²) in [5.74, 6) is -6.24. The molecule has 1 rings (SSSR count). The maximum absolute atomic E-state index is 13.4. The summed E-state index contributed by atoms with van der Waals surface area (Å²) in [7, 11) is 0. The number of benzene rings is 1. The van der Waals surface area contributed by atoms with E-state index in [9.17, 15) is 17.6 Å². The smallest absolute Gasteiger partial charge is 0.197 e. The zero-order valence-electron chi connectivity index (χ0n) is 9.74. The SMILES string of the molecule is CCC(C)CC(N)c1cc(F)c(F)c(F)c1F. The number of halogens is 4. The summed E-state index contributed by atoms with van der Waals surface area (Å²) >= 11 is 0. The van der Waals surface area contributed by atoms with Crippen LogP contribution < -0.4 is 5.73 Å². The first-order chi connectivity index (χ1) is 7.88. The highest BCUT2D eigenvalue weighted by Crippen LogP contribution is 2.27. The largest absolute Gasteiger partial charge is 0.324 e. The van der Waals surface area contributed by atoms with Gasteiger partial charge in [-0.1, -0.05) is 20.3 Å². The van der Waals surface area contributed by atoms with Gasteiger partial charge in [-0.3, -0.25) is 0 Å². The van der Waals surface area contributed by atoms with E-state index in [2.05, 4.69) is 0 Å². The topological polar surface area (TPSA) is 26.0 Å². The van der Waals surface area contributed by atoms with E-state index in [4.69, 9.17) is 5.73 Å². The molecule has 0 bridgehead atoms. The zero-order chi connectivity index (χ0) is 13.2. The fraction of sp³-hybridized carbons (Fsp3) is 0.500. The second-order valence-electron chi connectivity index (χ2n) is 4.25. The average molecular weight is 249 g/mol. The lowest BCUT2D eigenvalue weighted by atomic mass is 9.94. The van der Waals surface area contributed by atoms with Gasteiger partial charge in [0.25, 0.3) is 0 Å². The van der Waals surface area contributed by atoms with E-state index in [1.165, 1.54) is 0 Å². The molecule has 2 N–H and O–H groups in total. The number of hydrogen-bond acceptors (Lipinski definition) is 1. The molecule has 0 aliphatic heterocycles. The lowest BCUT2D eigenvalue weighted by Gasteiger charge is -2.17. The van der Waals surface area contributed by atoms with Crippen molar-refractivity contribution >= 4 is 0 Å². The highest BCUT2D eigenvalue weighted by atomic mass is 19.2. The summed E-state index contributed by atoms with van der Waals surface area (Å²) in [5.41, 5.74) is 5.35. The molecular formula is C12H15F4N. The number of rotatable bonds is 4. The lowest BCUT2D eigenvalue weighted by molar-refractivity contribution is 0.389. The highest BCUT2D eigenvalue weighted by Gasteiger charge is 2.23. The van der Waals surface area contributed by atoms with Crippen molar-refractivity contribution in [2.24, 2.45) is 11.7 Å². The third-order valence-electron chi connectivity index (χ3n) is 2.88. The summed E-state index contributed by atoms with van der Waals surface area (Å²) in [5, 5.41) is 0. The van der Waals surface area contributed by atoms with E-state index < -0.39 is 29.3 Å². The average Bonchev–Trinajstić information content (AvgIpc) is 2.30. The molecule has 5 heteroatoms. The van der Waals surface area contributed by atoms with Gasteiger partial charge in [0.05, 0.1) is 0 Å². The number of nitrogens with two attached hydrogens (primary N) is 1. The van der Waals surface area contributed by atoms with Gasteiger partial charge in [0.1, 0.15) is 0 Å². The van der Waals surface area contributed by atoms with Crippen LogP contribution in [0.3, 0.4) is 0 Å². The lowest BCUT2D eigenvalue weighted by Crippen LogP contribution is -2.17. The van der Waals surface area contributed by atoms with Gasteiger partial charge in [0, 0.05) is 11.6 Å². The Morgan fingerprint density at radius 2 is 1.71 bits per heavy atom. The molecule has 17 heavy (non-hydrogen) atoms. The standard InChI is InChI=1S/C12H15F4N/c1-3-6(2)4-9(17)7-5-8(13)11(15)12(16)10(7)14/h5-6,9H,3-4,17H2,1-2H3. The Labute approximate surface area is 97.6 Å². The van der Waals surface area contributed by atoms with Gasteiger partial charge >= 0.3 is 0 Å². The van der Waals surface area contributed by atoms with Crippen molar-refractivity contribution in [2.45, 2.75) is 32.7 Å². The molecule has 0 fully saturated rings. The van der Waals surface area contributed by atoms with Crippen LogP contribution in [0.5, 0.6) is 0 Å². The molecule has 0 aliphatic carbocycles. The van der Waals surface area contributed by atoms with Gasteiger partial charge in [-0.15, -0.1) is 0 Å². The molecule has 0 radical (unpaired) electrons. The van der Waals surface area contributed by atoms with E-state index in [1.54, 1.807) is 0 Å². The first-order valence-electron chi connectivity index (χ1n) is 5.46. The summed E-state index contributed by atoms with van der Waals surface area (Å²) < 4.78 is 52.1. The summed E-state index contributed by atoms with van der Waals surface area (Å²) in [4.78, 5) is 0. The Hall–Kier alpha value is -1.10. The highest BCUT2D eigenvalue weighted by molar-refractivity contribution is 5.24. The van der Waals surface area contributed by atoms with Crippen LogP contribution in [0.15, 0.2) is 6.07 Å². The summed E-state index contributed by atoms with van der Waals surface area (Å²) in [6.07, 6.45) is 1.21. The third-order valence-corrected chi connectivity index (χ3v) is 2.88. The molecule has 0 spiro atoms. The molecule has 0 heterocycles. The van der Waals surface area contributed by atoms with Crippen molar-refractivity contribution in [1.82, 2.24) is 0 Å².